The van der Waals surface area contributed by atoms with E-state index in [0.717, 1.165) is 56.6 Å². The van der Waals surface area contributed by atoms with Gasteiger partial charge in [0.2, 0.25) is 0 Å². The molecule has 0 aliphatic rings. The van der Waals surface area contributed by atoms with E-state index in [1.807, 2.05) is 18.2 Å². The molecule has 9 rings (SSSR count). The molecule has 3 aromatic heterocycles. The van der Waals surface area contributed by atoms with E-state index >= 15 is 0 Å². The van der Waals surface area contributed by atoms with Crippen molar-refractivity contribution in [1.29, 1.82) is 0 Å². The maximum atomic E-state index is 6.19. The van der Waals surface area contributed by atoms with Gasteiger partial charge in [-0.25, -0.2) is 0 Å². The Labute approximate surface area is 403 Å². The Balaban J connectivity index is 0.000000253. The van der Waals surface area contributed by atoms with Crippen molar-refractivity contribution >= 4 is 39.7 Å². The topological polar surface area (TPSA) is 43.9 Å². The molecule has 333 valence electrons. The van der Waals surface area contributed by atoms with Gasteiger partial charge in [-0.3, -0.25) is 4.98 Å². The predicted molar refractivity (Wildman–Crippen MR) is 274 cm³/mol. The van der Waals surface area contributed by atoms with E-state index in [4.69, 9.17) is 14.4 Å². The van der Waals surface area contributed by atoms with Crippen LogP contribution in [-0.4, -0.2) is 27.8 Å². The van der Waals surface area contributed by atoms with Crippen molar-refractivity contribution in [3.63, 3.8) is 0 Å². The molecule has 0 unspecified atom stereocenters. The summed E-state index contributed by atoms with van der Waals surface area (Å²) in [7, 11) is 0. The van der Waals surface area contributed by atoms with Gasteiger partial charge in [-0.05, 0) is 94.5 Å². The van der Waals surface area contributed by atoms with Gasteiger partial charge in [0.05, 0.1) is 16.9 Å². The van der Waals surface area contributed by atoms with Gasteiger partial charge in [-0.15, -0.1) is 6.07 Å². The van der Waals surface area contributed by atoms with Crippen LogP contribution in [0.25, 0.3) is 72.6 Å². The van der Waals surface area contributed by atoms with Crippen molar-refractivity contribution < 1.29 is 24.5 Å². The molecule has 0 bridgehead atoms. The van der Waals surface area contributed by atoms with Crippen LogP contribution in [0.4, 0.5) is 0 Å². The van der Waals surface area contributed by atoms with Crippen molar-refractivity contribution in [3.8, 4) is 50.6 Å². The van der Waals surface area contributed by atoms with Crippen molar-refractivity contribution in [2.45, 2.75) is 90.9 Å². The largest absolute Gasteiger partial charge is 0.557 e. The van der Waals surface area contributed by atoms with E-state index in [1.54, 1.807) is 4.40 Å². The summed E-state index contributed by atoms with van der Waals surface area (Å²) in [5.41, 5.74) is 18.5. The Morgan fingerprint density at radius 3 is 1.97 bits per heavy atom. The summed E-state index contributed by atoms with van der Waals surface area (Å²) in [5, 5.41) is 1.01. The fourth-order valence-electron chi connectivity index (χ4n) is 9.08. The summed E-state index contributed by atoms with van der Waals surface area (Å²) in [5.74, 6) is 9.43. The van der Waals surface area contributed by atoms with Crippen molar-refractivity contribution in [2.24, 2.45) is 5.92 Å². The standard InChI is InChI=1S/C41H37N2O.C18H24GeN.Ir/c1-25(2)33-21-31(29-15-8-7-9-16-29)22-34(26(3)4)40(33)43-37-18-11-10-17-36(37)42-41(43)35-24-44-38-23-30(19-20-32(35)38)39-27(5)13-12-14-28(39)6;1-14(2)11-16-12-18(15-9-7-6-8-10-15)20-13-17(16)19(3,4)5;/h7-23,25-26H,1-6H3;6-9,12-14H,11H2,1-5H3;/q2*-1;. The first-order chi connectivity index (χ1) is 30.7. The number of rotatable bonds is 10. The maximum Gasteiger partial charge on any atom is 0.0774 e. The normalized spacial score (nSPS) is 11.7. The number of fused-ring (bicyclic) bond motifs is 2. The molecule has 9 aromatic rings. The number of furan rings is 1. The fraction of sp³-hybridized carbons (Fsp3) is 0.254. The first-order valence-electron chi connectivity index (χ1n) is 22.9. The van der Waals surface area contributed by atoms with Crippen LogP contribution < -0.4 is 4.40 Å². The summed E-state index contributed by atoms with van der Waals surface area (Å²) in [6, 6.07) is 50.4. The van der Waals surface area contributed by atoms with Gasteiger partial charge in [0.15, 0.2) is 0 Å². The second-order valence-electron chi connectivity index (χ2n) is 19.3. The molecule has 0 fully saturated rings. The molecule has 0 atom stereocenters. The summed E-state index contributed by atoms with van der Waals surface area (Å²) >= 11 is -1.86. The van der Waals surface area contributed by atoms with E-state index in [1.165, 1.54) is 50.2 Å². The molecular formula is C59H61GeIrN3O-2. The van der Waals surface area contributed by atoms with Crippen LogP contribution in [0.1, 0.15) is 81.2 Å². The third-order valence-corrected chi connectivity index (χ3v) is 16.6. The number of hydrogen-bond acceptors (Lipinski definition) is 3. The molecular weight excluding hydrogens is 1030 g/mol. The minimum Gasteiger partial charge on any atom is -0.557 e. The zero-order valence-corrected chi connectivity index (χ0v) is 44.3. The number of aromatic nitrogens is 3. The van der Waals surface area contributed by atoms with E-state index in [9.17, 15) is 0 Å². The molecule has 4 nitrogen and oxygen atoms in total. The third kappa shape index (κ3) is 10.1. The van der Waals surface area contributed by atoms with Gasteiger partial charge < -0.3 is 8.98 Å². The summed E-state index contributed by atoms with van der Waals surface area (Å²) < 4.78 is 10.1. The molecule has 0 aliphatic heterocycles. The summed E-state index contributed by atoms with van der Waals surface area (Å²) in [6.07, 6.45) is 6.56. The van der Waals surface area contributed by atoms with Crippen LogP contribution in [0, 0.1) is 32.1 Å². The Morgan fingerprint density at radius 2 is 1.34 bits per heavy atom. The maximum absolute atomic E-state index is 6.19. The number of aryl methyl sites for hydroxylation is 2. The zero-order valence-electron chi connectivity index (χ0n) is 39.8. The first-order valence-corrected chi connectivity index (χ1v) is 30.2. The quantitative estimate of drug-likeness (QED) is 0.101. The molecule has 6 heteroatoms. The summed E-state index contributed by atoms with van der Waals surface area (Å²) in [6.45, 7) is 18.0. The van der Waals surface area contributed by atoms with Gasteiger partial charge in [-0.2, -0.15) is 0 Å². The molecule has 0 N–H and O–H groups in total. The predicted octanol–water partition coefficient (Wildman–Crippen LogP) is 15.7. The molecule has 1 radical (unpaired) electrons. The fourth-order valence-corrected chi connectivity index (χ4v) is 12.4. The van der Waals surface area contributed by atoms with Crippen LogP contribution in [0.5, 0.6) is 0 Å². The van der Waals surface area contributed by atoms with Crippen molar-refractivity contribution in [2.75, 3.05) is 0 Å². The first kappa shape index (κ1) is 47.6. The number of pyridine rings is 1. The Hall–Kier alpha value is -5.33. The Kier molecular flexibility index (Phi) is 14.7. The molecule has 6 aromatic carbocycles. The number of hydrogen-bond donors (Lipinski definition) is 0. The molecule has 3 heterocycles. The van der Waals surface area contributed by atoms with Gasteiger partial charge in [0.1, 0.15) is 0 Å². The molecule has 0 spiro atoms. The van der Waals surface area contributed by atoms with Gasteiger partial charge >= 0.3 is 126 Å². The molecule has 0 saturated heterocycles. The van der Waals surface area contributed by atoms with Crippen molar-refractivity contribution in [1.82, 2.24) is 14.5 Å². The average molecular weight is 1090 g/mol. The minimum absolute atomic E-state index is 0. The second-order valence-corrected chi connectivity index (χ2v) is 29.9. The Bertz CT molecular complexity index is 3010. The van der Waals surface area contributed by atoms with Crippen LogP contribution >= 0.6 is 0 Å². The number of imidazole rings is 1. The van der Waals surface area contributed by atoms with E-state index < -0.39 is 13.3 Å². The van der Waals surface area contributed by atoms with Gasteiger partial charge in [0, 0.05) is 37.6 Å². The SMILES string of the molecule is CC(C)Cc1cc(-c2[c-]cccc2)nc[c]1[Ge]([CH3])([CH3])[CH3].Cc1cccc(C)c1-c1ccc2c(-c3nc4ccccc4n3-c3c(C(C)C)cc(-c4ccccc4)cc3C(C)C)[c-]oc2c1.[Ir]. The summed E-state index contributed by atoms with van der Waals surface area (Å²) in [4.78, 5) is 9.94. The van der Waals surface area contributed by atoms with Gasteiger partial charge in [0.25, 0.3) is 0 Å². The van der Waals surface area contributed by atoms with E-state index in [0.29, 0.717) is 17.8 Å². The van der Waals surface area contributed by atoms with Crippen LogP contribution in [-0.2, 0) is 26.5 Å². The number of benzene rings is 6. The van der Waals surface area contributed by atoms with E-state index in [-0.39, 0.29) is 20.1 Å². The smallest absolute Gasteiger partial charge is 0.0774 e. The minimum atomic E-state index is -1.86. The van der Waals surface area contributed by atoms with Crippen LogP contribution in [0.15, 0.2) is 144 Å². The number of nitrogens with zero attached hydrogens (tertiary/aromatic N) is 3. The van der Waals surface area contributed by atoms with Crippen LogP contribution in [0.3, 0.4) is 0 Å². The zero-order chi connectivity index (χ0) is 45.3. The monoisotopic (exact) mass is 1090 g/mol. The second kappa shape index (κ2) is 20.0. The van der Waals surface area contributed by atoms with E-state index in [2.05, 4.69) is 211 Å². The third-order valence-electron chi connectivity index (χ3n) is 12.2. The molecule has 0 amide bonds. The molecule has 0 aliphatic carbocycles. The average Bonchev–Trinajstić information content (AvgIpc) is 3.87. The molecule has 65 heavy (non-hydrogen) atoms. The molecule has 0 saturated carbocycles. The van der Waals surface area contributed by atoms with Crippen molar-refractivity contribution in [3.05, 3.63) is 180 Å². The number of para-hydroxylation sites is 2. The van der Waals surface area contributed by atoms with Gasteiger partial charge in [-0.1, -0.05) is 111 Å². The Morgan fingerprint density at radius 1 is 0.677 bits per heavy atom. The van der Waals surface area contributed by atoms with Crippen LogP contribution in [0.2, 0.25) is 17.3 Å².